The monoisotopic (exact) mass is 339 g/mol. The second kappa shape index (κ2) is 6.60. The average molecular weight is 339 g/mol. The molecule has 0 fully saturated rings. The number of nitrogens with one attached hydrogen (secondary N) is 1. The molecule has 128 valence electrons. The van der Waals surface area contributed by atoms with Crippen LogP contribution in [0.2, 0.25) is 0 Å². The van der Waals surface area contributed by atoms with Crippen LogP contribution in [0.4, 0.5) is 0 Å². The molecule has 25 heavy (non-hydrogen) atoms. The van der Waals surface area contributed by atoms with Gasteiger partial charge in [-0.1, -0.05) is 18.2 Å². The molecule has 1 aromatic carbocycles. The van der Waals surface area contributed by atoms with Gasteiger partial charge in [0, 0.05) is 12.7 Å². The third-order valence-corrected chi connectivity index (χ3v) is 3.84. The Morgan fingerprint density at radius 3 is 2.60 bits per heavy atom. The van der Waals surface area contributed by atoms with E-state index in [2.05, 4.69) is 15.4 Å². The first kappa shape index (κ1) is 16.4. The lowest BCUT2D eigenvalue weighted by molar-refractivity contribution is 0.0690. The van der Waals surface area contributed by atoms with E-state index in [0.717, 1.165) is 23.4 Å². The zero-order valence-corrected chi connectivity index (χ0v) is 13.8. The molecule has 8 nitrogen and oxygen atoms in total. The van der Waals surface area contributed by atoms with Crippen molar-refractivity contribution in [2.75, 3.05) is 0 Å². The van der Waals surface area contributed by atoms with Gasteiger partial charge < -0.3 is 10.4 Å². The topological polar surface area (TPSA) is 102 Å². The molecule has 0 aliphatic carbocycles. The zero-order chi connectivity index (χ0) is 18.0. The van der Waals surface area contributed by atoms with E-state index in [1.807, 2.05) is 41.8 Å². The number of hydrogen-bond acceptors (Lipinski definition) is 4. The van der Waals surface area contributed by atoms with Crippen LogP contribution in [0.1, 0.15) is 32.4 Å². The quantitative estimate of drug-likeness (QED) is 0.734. The predicted molar refractivity (Wildman–Crippen MR) is 89.6 cm³/mol. The molecule has 0 bridgehead atoms. The highest BCUT2D eigenvalue weighted by atomic mass is 16.4. The minimum absolute atomic E-state index is 0.00926. The van der Waals surface area contributed by atoms with Crippen LogP contribution in [-0.4, -0.2) is 36.3 Å². The molecule has 0 aliphatic rings. The average Bonchev–Trinajstić information content (AvgIpc) is 3.16. The summed E-state index contributed by atoms with van der Waals surface area (Å²) >= 11 is 0. The Kier molecular flexibility index (Phi) is 4.34. The number of carboxylic acid groups (broad SMARTS) is 1. The molecule has 0 saturated carbocycles. The molecule has 8 heteroatoms. The van der Waals surface area contributed by atoms with E-state index in [9.17, 15) is 9.59 Å². The standard InChI is InChI=1S/C17H17N5O3/c1-11-18-8-13(22(11)12-6-4-3-5-7-12)9-19-16(23)15-14(17(24)25)10-20-21(15)2/h3-8,10H,9H2,1-2H3,(H,19,23)(H,24,25). The summed E-state index contributed by atoms with van der Waals surface area (Å²) in [5.41, 5.74) is 1.60. The van der Waals surface area contributed by atoms with Crippen molar-refractivity contribution in [3.63, 3.8) is 0 Å². The van der Waals surface area contributed by atoms with Gasteiger partial charge in [-0.2, -0.15) is 5.10 Å². The molecule has 0 aliphatic heterocycles. The summed E-state index contributed by atoms with van der Waals surface area (Å²) in [7, 11) is 1.53. The summed E-state index contributed by atoms with van der Waals surface area (Å²) in [6, 6.07) is 9.66. The van der Waals surface area contributed by atoms with E-state index in [1.54, 1.807) is 6.20 Å². The van der Waals surface area contributed by atoms with Crippen LogP contribution < -0.4 is 5.32 Å². The van der Waals surface area contributed by atoms with Gasteiger partial charge in [0.05, 0.1) is 24.6 Å². The maximum Gasteiger partial charge on any atom is 0.339 e. The number of carbonyl (C=O) groups excluding carboxylic acids is 1. The van der Waals surface area contributed by atoms with Gasteiger partial charge in [-0.05, 0) is 19.1 Å². The van der Waals surface area contributed by atoms with Crippen LogP contribution in [0.3, 0.4) is 0 Å². The molecule has 0 atom stereocenters. The number of imidazole rings is 1. The first-order valence-electron chi connectivity index (χ1n) is 7.61. The molecule has 2 aromatic heterocycles. The van der Waals surface area contributed by atoms with Crippen molar-refractivity contribution in [3.05, 3.63) is 65.5 Å². The van der Waals surface area contributed by atoms with E-state index in [1.165, 1.54) is 11.7 Å². The third-order valence-electron chi connectivity index (χ3n) is 3.84. The van der Waals surface area contributed by atoms with Crippen LogP contribution in [-0.2, 0) is 13.6 Å². The van der Waals surface area contributed by atoms with Gasteiger partial charge >= 0.3 is 5.97 Å². The Morgan fingerprint density at radius 2 is 1.92 bits per heavy atom. The van der Waals surface area contributed by atoms with Crippen molar-refractivity contribution in [1.82, 2.24) is 24.6 Å². The number of amides is 1. The SMILES string of the molecule is Cc1ncc(CNC(=O)c2c(C(=O)O)cnn2C)n1-c1ccccc1. The van der Waals surface area contributed by atoms with Gasteiger partial charge in [0.15, 0.2) is 0 Å². The van der Waals surface area contributed by atoms with Crippen molar-refractivity contribution < 1.29 is 14.7 Å². The van der Waals surface area contributed by atoms with Crippen molar-refractivity contribution in [1.29, 1.82) is 0 Å². The molecule has 0 unspecified atom stereocenters. The van der Waals surface area contributed by atoms with E-state index in [0.29, 0.717) is 0 Å². The lowest BCUT2D eigenvalue weighted by Gasteiger charge is -2.11. The molecular weight excluding hydrogens is 322 g/mol. The van der Waals surface area contributed by atoms with Crippen LogP contribution in [0, 0.1) is 6.92 Å². The second-order valence-electron chi connectivity index (χ2n) is 5.49. The Bertz CT molecular complexity index is 927. The number of carbonyl (C=O) groups is 2. The van der Waals surface area contributed by atoms with E-state index >= 15 is 0 Å². The Balaban J connectivity index is 1.83. The van der Waals surface area contributed by atoms with Gasteiger partial charge in [-0.3, -0.25) is 14.0 Å². The van der Waals surface area contributed by atoms with Crippen LogP contribution >= 0.6 is 0 Å². The number of rotatable bonds is 5. The number of hydrogen-bond donors (Lipinski definition) is 2. The number of para-hydroxylation sites is 1. The van der Waals surface area contributed by atoms with Gasteiger partial charge in [-0.15, -0.1) is 0 Å². The van der Waals surface area contributed by atoms with Crippen molar-refractivity contribution in [3.8, 4) is 5.69 Å². The first-order chi connectivity index (χ1) is 12.0. The van der Waals surface area contributed by atoms with Gasteiger partial charge in [0.1, 0.15) is 17.1 Å². The Hall–Kier alpha value is -3.42. The molecule has 0 saturated heterocycles. The normalized spacial score (nSPS) is 10.6. The third kappa shape index (κ3) is 3.14. The van der Waals surface area contributed by atoms with Gasteiger partial charge in [0.2, 0.25) is 0 Å². The maximum atomic E-state index is 12.4. The lowest BCUT2D eigenvalue weighted by Crippen LogP contribution is -2.27. The van der Waals surface area contributed by atoms with Crippen LogP contribution in [0.15, 0.2) is 42.7 Å². The maximum absolute atomic E-state index is 12.4. The van der Waals surface area contributed by atoms with Crippen LogP contribution in [0.25, 0.3) is 5.69 Å². The Labute approximate surface area is 143 Å². The highest BCUT2D eigenvalue weighted by molar-refractivity contribution is 6.03. The minimum Gasteiger partial charge on any atom is -0.478 e. The molecular formula is C17H17N5O3. The second-order valence-corrected chi connectivity index (χ2v) is 5.49. The molecule has 0 radical (unpaired) electrons. The molecule has 3 rings (SSSR count). The summed E-state index contributed by atoms with van der Waals surface area (Å²) in [5, 5.41) is 15.7. The van der Waals surface area contributed by atoms with E-state index < -0.39 is 11.9 Å². The largest absolute Gasteiger partial charge is 0.478 e. The number of carboxylic acids is 1. The number of nitrogens with zero attached hydrogens (tertiary/aromatic N) is 4. The summed E-state index contributed by atoms with van der Waals surface area (Å²) in [5.74, 6) is -0.901. The Morgan fingerprint density at radius 1 is 1.20 bits per heavy atom. The highest BCUT2D eigenvalue weighted by Gasteiger charge is 2.21. The molecule has 2 heterocycles. The first-order valence-corrected chi connectivity index (χ1v) is 7.61. The summed E-state index contributed by atoms with van der Waals surface area (Å²) in [6.45, 7) is 2.08. The number of aromatic nitrogens is 4. The summed E-state index contributed by atoms with van der Waals surface area (Å²) in [4.78, 5) is 27.9. The number of aryl methyl sites for hydroxylation is 2. The van der Waals surface area contributed by atoms with E-state index in [-0.39, 0.29) is 17.8 Å². The fourth-order valence-electron chi connectivity index (χ4n) is 2.66. The van der Waals surface area contributed by atoms with Gasteiger partial charge in [-0.25, -0.2) is 9.78 Å². The van der Waals surface area contributed by atoms with Gasteiger partial charge in [0.25, 0.3) is 5.91 Å². The zero-order valence-electron chi connectivity index (χ0n) is 13.8. The van der Waals surface area contributed by atoms with Crippen molar-refractivity contribution in [2.45, 2.75) is 13.5 Å². The minimum atomic E-state index is -1.19. The molecule has 3 aromatic rings. The van der Waals surface area contributed by atoms with Crippen molar-refractivity contribution >= 4 is 11.9 Å². The predicted octanol–water partition coefficient (Wildman–Crippen LogP) is 1.54. The summed E-state index contributed by atoms with van der Waals surface area (Å²) in [6.07, 6.45) is 2.85. The van der Waals surface area contributed by atoms with Crippen molar-refractivity contribution in [2.24, 2.45) is 7.05 Å². The highest BCUT2D eigenvalue weighted by Crippen LogP contribution is 2.15. The smallest absolute Gasteiger partial charge is 0.339 e. The van der Waals surface area contributed by atoms with E-state index in [4.69, 9.17) is 5.11 Å². The summed E-state index contributed by atoms with van der Waals surface area (Å²) < 4.78 is 3.18. The molecule has 2 N–H and O–H groups in total. The lowest BCUT2D eigenvalue weighted by atomic mass is 10.2. The molecule has 0 spiro atoms. The number of benzene rings is 1. The molecule has 1 amide bonds. The number of aromatic carboxylic acids is 1. The fraction of sp³-hybridized carbons (Fsp3) is 0.176. The van der Waals surface area contributed by atoms with Crippen LogP contribution in [0.5, 0.6) is 0 Å². The fourth-order valence-corrected chi connectivity index (χ4v) is 2.66.